The molecule has 6 heteroatoms. The van der Waals surface area contributed by atoms with Crippen molar-refractivity contribution in [3.05, 3.63) is 24.2 Å². The Hall–Kier alpha value is -1.98. The largest absolute Gasteiger partial charge is 0.481 e. The summed E-state index contributed by atoms with van der Waals surface area (Å²) < 4.78 is 5.55. The van der Waals surface area contributed by atoms with Gasteiger partial charge in [-0.1, -0.05) is 12.8 Å². The van der Waals surface area contributed by atoms with Gasteiger partial charge in [0.15, 0.2) is 0 Å². The summed E-state index contributed by atoms with van der Waals surface area (Å²) in [5.41, 5.74) is 0. The molecule has 132 valence electrons. The van der Waals surface area contributed by atoms with Crippen LogP contribution >= 0.6 is 0 Å². The SMILES string of the molecule is O=C(O)C1CCC(NC(=O)N2CCCCCC2c2ccco2)CC1. The van der Waals surface area contributed by atoms with Gasteiger partial charge >= 0.3 is 12.0 Å². The highest BCUT2D eigenvalue weighted by Gasteiger charge is 2.31. The monoisotopic (exact) mass is 334 g/mol. The van der Waals surface area contributed by atoms with E-state index >= 15 is 0 Å². The minimum Gasteiger partial charge on any atom is -0.481 e. The second-order valence-electron chi connectivity index (χ2n) is 6.91. The lowest BCUT2D eigenvalue weighted by molar-refractivity contribution is -0.142. The predicted octanol–water partition coefficient (Wildman–Crippen LogP) is 3.55. The molecule has 1 saturated carbocycles. The number of amides is 2. The number of hydrogen-bond donors (Lipinski definition) is 2. The Morgan fingerprint density at radius 3 is 2.58 bits per heavy atom. The number of likely N-dealkylation sites (tertiary alicyclic amines) is 1. The maximum absolute atomic E-state index is 12.8. The Labute approximate surface area is 142 Å². The lowest BCUT2D eigenvalue weighted by Crippen LogP contribution is -2.47. The van der Waals surface area contributed by atoms with Crippen molar-refractivity contribution in [1.82, 2.24) is 10.2 Å². The molecule has 0 radical (unpaired) electrons. The number of nitrogens with one attached hydrogen (secondary N) is 1. The smallest absolute Gasteiger partial charge is 0.318 e. The molecule has 0 aromatic carbocycles. The molecule has 24 heavy (non-hydrogen) atoms. The normalized spacial score (nSPS) is 28.2. The van der Waals surface area contributed by atoms with Gasteiger partial charge in [-0.15, -0.1) is 0 Å². The van der Waals surface area contributed by atoms with Crippen LogP contribution in [0, 0.1) is 5.92 Å². The lowest BCUT2D eigenvalue weighted by atomic mass is 9.86. The van der Waals surface area contributed by atoms with Gasteiger partial charge in [0.2, 0.25) is 0 Å². The van der Waals surface area contributed by atoms with Gasteiger partial charge in [-0.2, -0.15) is 0 Å². The van der Waals surface area contributed by atoms with Crippen LogP contribution in [0.25, 0.3) is 0 Å². The first-order chi connectivity index (χ1) is 11.6. The number of carboxylic acid groups (broad SMARTS) is 1. The lowest BCUT2D eigenvalue weighted by Gasteiger charge is -2.33. The van der Waals surface area contributed by atoms with Gasteiger partial charge in [0.25, 0.3) is 0 Å². The third-order valence-corrected chi connectivity index (χ3v) is 5.29. The molecule has 3 rings (SSSR count). The standard InChI is InChI=1S/C18H26N2O4/c21-17(22)13-7-9-14(10-8-13)19-18(23)20-11-3-1-2-5-15(20)16-6-4-12-24-16/h4,6,12-15H,1-3,5,7-11H2,(H,19,23)(H,21,22). The average molecular weight is 334 g/mol. The van der Waals surface area contributed by atoms with Crippen LogP contribution in [-0.4, -0.2) is 34.6 Å². The fraction of sp³-hybridized carbons (Fsp3) is 0.667. The molecule has 2 aliphatic rings. The van der Waals surface area contributed by atoms with Crippen LogP contribution in [0.2, 0.25) is 0 Å². The minimum atomic E-state index is -0.717. The summed E-state index contributed by atoms with van der Waals surface area (Å²) in [6.45, 7) is 0.738. The van der Waals surface area contributed by atoms with E-state index in [2.05, 4.69) is 5.32 Å². The molecule has 0 spiro atoms. The second kappa shape index (κ2) is 7.73. The van der Waals surface area contributed by atoms with Crippen LogP contribution < -0.4 is 5.32 Å². The summed E-state index contributed by atoms with van der Waals surface area (Å²) in [4.78, 5) is 25.7. The van der Waals surface area contributed by atoms with E-state index in [0.717, 1.165) is 50.8 Å². The summed E-state index contributed by atoms with van der Waals surface area (Å²) in [6.07, 6.45) is 8.57. The van der Waals surface area contributed by atoms with Crippen LogP contribution in [-0.2, 0) is 4.79 Å². The van der Waals surface area contributed by atoms with Crippen LogP contribution in [0.5, 0.6) is 0 Å². The fourth-order valence-corrected chi connectivity index (χ4v) is 3.87. The van der Waals surface area contributed by atoms with Crippen LogP contribution in [0.15, 0.2) is 22.8 Å². The minimum absolute atomic E-state index is 0.00198. The van der Waals surface area contributed by atoms with E-state index < -0.39 is 5.97 Å². The number of nitrogens with zero attached hydrogens (tertiary/aromatic N) is 1. The van der Waals surface area contributed by atoms with Gasteiger partial charge in [0, 0.05) is 12.6 Å². The summed E-state index contributed by atoms with van der Waals surface area (Å²) >= 11 is 0. The zero-order chi connectivity index (χ0) is 16.9. The molecular weight excluding hydrogens is 308 g/mol. The quantitative estimate of drug-likeness (QED) is 0.885. The molecule has 2 amide bonds. The highest BCUT2D eigenvalue weighted by Crippen LogP contribution is 2.31. The van der Waals surface area contributed by atoms with Crippen molar-refractivity contribution in [2.45, 2.75) is 63.5 Å². The van der Waals surface area contributed by atoms with Crippen molar-refractivity contribution in [1.29, 1.82) is 0 Å². The number of rotatable bonds is 3. The van der Waals surface area contributed by atoms with E-state index in [-0.39, 0.29) is 24.0 Å². The number of hydrogen-bond acceptors (Lipinski definition) is 3. The van der Waals surface area contributed by atoms with Crippen LogP contribution in [0.1, 0.15) is 63.2 Å². The Morgan fingerprint density at radius 1 is 1.12 bits per heavy atom. The molecule has 2 N–H and O–H groups in total. The fourth-order valence-electron chi connectivity index (χ4n) is 3.87. The van der Waals surface area contributed by atoms with E-state index in [4.69, 9.17) is 9.52 Å². The Bertz CT molecular complexity index is 549. The molecule has 1 aromatic rings. The molecule has 1 aliphatic heterocycles. The predicted molar refractivity (Wildman–Crippen MR) is 88.5 cm³/mol. The third-order valence-electron chi connectivity index (χ3n) is 5.29. The first-order valence-electron chi connectivity index (χ1n) is 8.98. The number of carboxylic acids is 1. The zero-order valence-electron chi connectivity index (χ0n) is 13.9. The highest BCUT2D eigenvalue weighted by molar-refractivity contribution is 5.75. The molecule has 2 fully saturated rings. The number of urea groups is 1. The molecule has 1 aliphatic carbocycles. The van der Waals surface area contributed by atoms with Gasteiger partial charge in [-0.3, -0.25) is 4.79 Å². The van der Waals surface area contributed by atoms with Gasteiger partial charge in [-0.05, 0) is 50.7 Å². The Kier molecular flexibility index (Phi) is 5.43. The Morgan fingerprint density at radius 2 is 1.92 bits per heavy atom. The average Bonchev–Trinajstić information content (AvgIpc) is 2.99. The highest BCUT2D eigenvalue weighted by atomic mass is 16.4. The summed E-state index contributed by atoms with van der Waals surface area (Å²) in [7, 11) is 0. The van der Waals surface area contributed by atoms with E-state index in [1.165, 1.54) is 0 Å². The molecular formula is C18H26N2O4. The molecule has 6 nitrogen and oxygen atoms in total. The number of carbonyl (C=O) groups excluding carboxylic acids is 1. The zero-order valence-corrected chi connectivity index (χ0v) is 13.9. The first-order valence-corrected chi connectivity index (χ1v) is 8.98. The van der Waals surface area contributed by atoms with E-state index in [1.807, 2.05) is 17.0 Å². The van der Waals surface area contributed by atoms with Crippen molar-refractivity contribution in [3.63, 3.8) is 0 Å². The summed E-state index contributed by atoms with van der Waals surface area (Å²) in [6, 6.07) is 3.83. The van der Waals surface area contributed by atoms with Gasteiger partial charge in [0.1, 0.15) is 5.76 Å². The maximum Gasteiger partial charge on any atom is 0.318 e. The first kappa shape index (κ1) is 16.9. The number of furan rings is 1. The van der Waals surface area contributed by atoms with Gasteiger partial charge in [-0.25, -0.2) is 4.79 Å². The summed E-state index contributed by atoms with van der Waals surface area (Å²) in [5, 5.41) is 12.2. The van der Waals surface area contributed by atoms with Crippen molar-refractivity contribution in [2.75, 3.05) is 6.54 Å². The van der Waals surface area contributed by atoms with Crippen molar-refractivity contribution in [2.24, 2.45) is 5.92 Å². The summed E-state index contributed by atoms with van der Waals surface area (Å²) in [5.74, 6) is -0.126. The van der Waals surface area contributed by atoms with Crippen LogP contribution in [0.4, 0.5) is 4.79 Å². The Balaban J connectivity index is 1.61. The second-order valence-corrected chi connectivity index (χ2v) is 6.91. The van der Waals surface area contributed by atoms with Crippen molar-refractivity contribution >= 4 is 12.0 Å². The van der Waals surface area contributed by atoms with E-state index in [1.54, 1.807) is 6.26 Å². The van der Waals surface area contributed by atoms with E-state index in [0.29, 0.717) is 12.8 Å². The number of aliphatic carboxylic acids is 1. The number of carbonyl (C=O) groups is 2. The topological polar surface area (TPSA) is 82.8 Å². The van der Waals surface area contributed by atoms with Gasteiger partial charge in [0.05, 0.1) is 18.2 Å². The van der Waals surface area contributed by atoms with E-state index in [9.17, 15) is 9.59 Å². The van der Waals surface area contributed by atoms with Crippen LogP contribution in [0.3, 0.4) is 0 Å². The van der Waals surface area contributed by atoms with Crippen molar-refractivity contribution in [3.8, 4) is 0 Å². The molecule has 1 aromatic heterocycles. The van der Waals surface area contributed by atoms with Crippen molar-refractivity contribution < 1.29 is 19.1 Å². The molecule has 1 unspecified atom stereocenters. The molecule has 2 heterocycles. The third kappa shape index (κ3) is 3.91. The molecule has 0 bridgehead atoms. The molecule has 1 atom stereocenters. The molecule has 1 saturated heterocycles. The van der Waals surface area contributed by atoms with Gasteiger partial charge < -0.3 is 19.7 Å². The maximum atomic E-state index is 12.8.